The number of rotatable bonds is 2. The van der Waals surface area contributed by atoms with Crippen molar-refractivity contribution in [3.8, 4) is 16.9 Å². The number of pyridine rings is 1. The first kappa shape index (κ1) is 15.5. The van der Waals surface area contributed by atoms with Crippen molar-refractivity contribution >= 4 is 22.5 Å². The monoisotopic (exact) mass is 357 g/mol. The Morgan fingerprint density at radius 2 is 1.68 bits per heavy atom. The van der Waals surface area contributed by atoms with Gasteiger partial charge in [0.15, 0.2) is 11.6 Å². The topological polar surface area (TPSA) is 50.7 Å². The van der Waals surface area contributed by atoms with Crippen LogP contribution in [0.15, 0.2) is 59.5 Å². The molecule has 0 atom stereocenters. The first-order valence-corrected chi connectivity index (χ1v) is 7.75. The van der Waals surface area contributed by atoms with Gasteiger partial charge < -0.3 is 4.98 Å². The summed E-state index contributed by atoms with van der Waals surface area (Å²) < 4.78 is 29.6. The molecule has 0 amide bonds. The summed E-state index contributed by atoms with van der Waals surface area (Å²) in [6, 6.07) is 12.4. The number of benzene rings is 2. The number of nitrogens with zero attached hydrogens (tertiary/aromatic N) is 2. The van der Waals surface area contributed by atoms with Crippen LogP contribution in [0.4, 0.5) is 8.78 Å². The first-order valence-electron chi connectivity index (χ1n) is 7.37. The fraction of sp³-hybridized carbons (Fsp3) is 0. The zero-order valence-corrected chi connectivity index (χ0v) is 13.4. The zero-order valence-electron chi connectivity index (χ0n) is 12.6. The maximum Gasteiger partial charge on any atom is 0.259 e. The van der Waals surface area contributed by atoms with E-state index in [1.54, 1.807) is 24.3 Å². The molecule has 2 heterocycles. The molecular weight excluding hydrogens is 348 g/mol. The van der Waals surface area contributed by atoms with Crippen molar-refractivity contribution in [2.45, 2.75) is 0 Å². The normalized spacial score (nSPS) is 11.2. The van der Waals surface area contributed by atoms with Crippen molar-refractivity contribution in [3.63, 3.8) is 0 Å². The number of nitrogens with one attached hydrogen (secondary N) is 1. The summed E-state index contributed by atoms with van der Waals surface area (Å²) in [6.45, 7) is 0. The van der Waals surface area contributed by atoms with Crippen LogP contribution in [0.2, 0.25) is 5.02 Å². The highest BCUT2D eigenvalue weighted by molar-refractivity contribution is 6.35. The van der Waals surface area contributed by atoms with Gasteiger partial charge in [-0.05, 0) is 12.1 Å². The maximum atomic E-state index is 14.3. The Morgan fingerprint density at radius 1 is 1.00 bits per heavy atom. The van der Waals surface area contributed by atoms with E-state index in [2.05, 4.69) is 10.1 Å². The molecule has 0 saturated heterocycles. The average Bonchev–Trinajstić information content (AvgIpc) is 3.00. The van der Waals surface area contributed by atoms with Crippen LogP contribution in [-0.4, -0.2) is 14.8 Å². The van der Waals surface area contributed by atoms with E-state index in [1.165, 1.54) is 12.3 Å². The van der Waals surface area contributed by atoms with Gasteiger partial charge in [-0.3, -0.25) is 4.79 Å². The Bertz CT molecular complexity index is 1130. The third-order valence-corrected chi connectivity index (χ3v) is 4.15. The molecule has 4 rings (SSSR count). The van der Waals surface area contributed by atoms with Crippen LogP contribution >= 0.6 is 11.6 Å². The summed E-state index contributed by atoms with van der Waals surface area (Å²) >= 11 is 6.21. The van der Waals surface area contributed by atoms with Gasteiger partial charge in [0.05, 0.1) is 10.4 Å². The molecule has 0 saturated carbocycles. The second-order valence-electron chi connectivity index (χ2n) is 5.39. The molecule has 0 aliphatic rings. The molecular formula is C18H10ClF2N3O. The fourth-order valence-electron chi connectivity index (χ4n) is 2.77. The third kappa shape index (κ3) is 2.42. The van der Waals surface area contributed by atoms with Gasteiger partial charge in [-0.15, -0.1) is 0 Å². The van der Waals surface area contributed by atoms with Crippen LogP contribution in [0.5, 0.6) is 0 Å². The predicted molar refractivity (Wildman–Crippen MR) is 92.1 cm³/mol. The highest BCUT2D eigenvalue weighted by Crippen LogP contribution is 2.32. The zero-order chi connectivity index (χ0) is 17.6. The number of aromatic amines is 1. The van der Waals surface area contributed by atoms with Gasteiger partial charge in [0.2, 0.25) is 0 Å². The average molecular weight is 358 g/mol. The molecule has 4 aromatic rings. The maximum absolute atomic E-state index is 14.3. The lowest BCUT2D eigenvalue weighted by molar-refractivity contribution is 0.563. The van der Waals surface area contributed by atoms with E-state index in [-0.39, 0.29) is 21.6 Å². The predicted octanol–water partition coefficient (Wildman–Crippen LogP) is 4.31. The summed E-state index contributed by atoms with van der Waals surface area (Å²) in [6.07, 6.45) is 1.28. The van der Waals surface area contributed by atoms with Gasteiger partial charge in [-0.1, -0.05) is 48.0 Å². The Balaban J connectivity index is 2.18. The minimum atomic E-state index is -0.805. The summed E-state index contributed by atoms with van der Waals surface area (Å²) in [5, 5.41) is 4.60. The van der Waals surface area contributed by atoms with E-state index in [0.29, 0.717) is 11.3 Å². The highest BCUT2D eigenvalue weighted by atomic mass is 35.5. The third-order valence-electron chi connectivity index (χ3n) is 3.87. The van der Waals surface area contributed by atoms with Crippen LogP contribution in [0.3, 0.4) is 0 Å². The van der Waals surface area contributed by atoms with Gasteiger partial charge in [-0.2, -0.15) is 5.10 Å². The molecule has 0 aliphatic carbocycles. The number of hydrogen-bond acceptors (Lipinski definition) is 2. The molecule has 7 heteroatoms. The van der Waals surface area contributed by atoms with Gasteiger partial charge in [0.25, 0.3) is 5.56 Å². The van der Waals surface area contributed by atoms with Gasteiger partial charge in [0.1, 0.15) is 16.9 Å². The second-order valence-corrected chi connectivity index (χ2v) is 5.79. The van der Waals surface area contributed by atoms with Crippen molar-refractivity contribution in [2.24, 2.45) is 0 Å². The van der Waals surface area contributed by atoms with Crippen molar-refractivity contribution < 1.29 is 8.78 Å². The van der Waals surface area contributed by atoms with Crippen molar-refractivity contribution in [2.75, 3.05) is 0 Å². The van der Waals surface area contributed by atoms with Gasteiger partial charge in [0, 0.05) is 11.8 Å². The largest absolute Gasteiger partial charge is 0.327 e. The lowest BCUT2D eigenvalue weighted by Gasteiger charge is -2.07. The molecule has 0 radical (unpaired) electrons. The molecule has 0 aliphatic heterocycles. The minimum absolute atomic E-state index is 0.131. The minimum Gasteiger partial charge on any atom is -0.327 e. The van der Waals surface area contributed by atoms with Crippen molar-refractivity contribution in [1.82, 2.24) is 14.8 Å². The Hall–Kier alpha value is -2.99. The summed E-state index contributed by atoms with van der Waals surface area (Å²) in [5.41, 5.74) is 0.245. The molecule has 2 aromatic carbocycles. The Kier molecular flexibility index (Phi) is 3.62. The van der Waals surface area contributed by atoms with Crippen LogP contribution < -0.4 is 5.56 Å². The standard InChI is InChI=1S/C18H10ClF2N3O/c19-11-9-22-18(25)14-15(10-5-2-1-3-6-10)23-24(16(11)14)17-12(20)7-4-8-13(17)21/h1-9H,(H,22,25). The van der Waals surface area contributed by atoms with E-state index in [4.69, 9.17) is 11.6 Å². The lowest BCUT2D eigenvalue weighted by atomic mass is 10.1. The van der Waals surface area contributed by atoms with Gasteiger partial charge in [-0.25, -0.2) is 13.5 Å². The van der Waals surface area contributed by atoms with E-state index in [9.17, 15) is 13.6 Å². The molecule has 0 fully saturated rings. The van der Waals surface area contributed by atoms with E-state index in [1.807, 2.05) is 6.07 Å². The van der Waals surface area contributed by atoms with Crippen molar-refractivity contribution in [1.29, 1.82) is 0 Å². The Morgan fingerprint density at radius 3 is 2.36 bits per heavy atom. The highest BCUT2D eigenvalue weighted by Gasteiger charge is 2.22. The van der Waals surface area contributed by atoms with Crippen LogP contribution in [0, 0.1) is 11.6 Å². The molecule has 0 spiro atoms. The number of hydrogen-bond donors (Lipinski definition) is 1. The molecule has 1 N–H and O–H groups in total. The van der Waals surface area contributed by atoms with E-state index < -0.39 is 17.2 Å². The van der Waals surface area contributed by atoms with E-state index in [0.717, 1.165) is 16.8 Å². The van der Waals surface area contributed by atoms with Gasteiger partial charge >= 0.3 is 0 Å². The fourth-order valence-corrected chi connectivity index (χ4v) is 3.00. The number of fused-ring (bicyclic) bond motifs is 1. The quantitative estimate of drug-likeness (QED) is 0.581. The Labute approximate surface area is 145 Å². The lowest BCUT2D eigenvalue weighted by Crippen LogP contribution is -2.07. The molecule has 124 valence electrons. The molecule has 4 nitrogen and oxygen atoms in total. The molecule has 25 heavy (non-hydrogen) atoms. The number of aromatic nitrogens is 3. The number of halogens is 3. The van der Waals surface area contributed by atoms with E-state index >= 15 is 0 Å². The van der Waals surface area contributed by atoms with Crippen LogP contribution in [0.25, 0.3) is 27.8 Å². The summed E-state index contributed by atoms with van der Waals surface area (Å²) in [7, 11) is 0. The van der Waals surface area contributed by atoms with Crippen LogP contribution in [0.1, 0.15) is 0 Å². The molecule has 0 unspecified atom stereocenters. The molecule has 0 bridgehead atoms. The number of para-hydroxylation sites is 1. The SMILES string of the molecule is O=c1[nH]cc(Cl)c2c1c(-c1ccccc1)nn2-c1c(F)cccc1F. The van der Waals surface area contributed by atoms with Crippen LogP contribution in [-0.2, 0) is 0 Å². The number of H-pyrrole nitrogens is 1. The first-order chi connectivity index (χ1) is 12.1. The smallest absolute Gasteiger partial charge is 0.259 e. The summed E-state index contributed by atoms with van der Waals surface area (Å²) in [5.74, 6) is -1.61. The molecule has 2 aromatic heterocycles. The second kappa shape index (κ2) is 5.82. The van der Waals surface area contributed by atoms with Crippen molar-refractivity contribution in [3.05, 3.63) is 81.7 Å². The summed E-state index contributed by atoms with van der Waals surface area (Å²) in [4.78, 5) is 14.9.